The first-order chi connectivity index (χ1) is 16.0. The van der Waals surface area contributed by atoms with Gasteiger partial charge < -0.3 is 19.7 Å². The Kier molecular flexibility index (Phi) is 6.93. The van der Waals surface area contributed by atoms with Gasteiger partial charge in [-0.05, 0) is 29.2 Å². The predicted octanol–water partition coefficient (Wildman–Crippen LogP) is 4.65. The number of fused-ring (bicyclic) bond motifs is 1. The molecule has 0 bridgehead atoms. The van der Waals surface area contributed by atoms with Crippen LogP contribution in [0.3, 0.4) is 0 Å². The minimum atomic E-state index is -0.646. The number of ether oxygens (including phenoxy) is 2. The molecule has 3 aromatic rings. The molecule has 6 heteroatoms. The minimum absolute atomic E-state index is 0.0930. The van der Waals surface area contributed by atoms with Crippen molar-refractivity contribution >= 4 is 17.5 Å². The predicted molar refractivity (Wildman–Crippen MR) is 127 cm³/mol. The van der Waals surface area contributed by atoms with Gasteiger partial charge in [0.1, 0.15) is 6.04 Å². The largest absolute Gasteiger partial charge is 0.454 e. The maximum Gasteiger partial charge on any atom is 0.247 e. The molecule has 0 saturated heterocycles. The van der Waals surface area contributed by atoms with Gasteiger partial charge in [-0.3, -0.25) is 9.59 Å². The fourth-order valence-corrected chi connectivity index (χ4v) is 3.99. The lowest BCUT2D eigenvalue weighted by Crippen LogP contribution is -2.50. The second-order valence-electron chi connectivity index (χ2n) is 8.42. The molecule has 1 atom stereocenters. The lowest BCUT2D eigenvalue weighted by molar-refractivity contribution is -0.140. The molecule has 0 saturated carbocycles. The van der Waals surface area contributed by atoms with Crippen molar-refractivity contribution in [2.24, 2.45) is 5.92 Å². The molecule has 1 aliphatic heterocycles. The number of nitrogens with zero attached hydrogens (tertiary/aromatic N) is 1. The van der Waals surface area contributed by atoms with Crippen LogP contribution in [-0.2, 0) is 22.6 Å². The first-order valence-corrected chi connectivity index (χ1v) is 11.1. The van der Waals surface area contributed by atoms with Crippen LogP contribution in [0.5, 0.6) is 11.5 Å². The van der Waals surface area contributed by atoms with Gasteiger partial charge >= 0.3 is 0 Å². The molecule has 3 aromatic carbocycles. The lowest BCUT2D eigenvalue weighted by Gasteiger charge is -2.34. The second kappa shape index (κ2) is 10.2. The van der Waals surface area contributed by atoms with Crippen molar-refractivity contribution in [2.45, 2.75) is 32.9 Å². The van der Waals surface area contributed by atoms with Crippen molar-refractivity contribution in [1.82, 2.24) is 4.90 Å². The normalized spacial score (nSPS) is 12.9. The van der Waals surface area contributed by atoms with Gasteiger partial charge in [0.2, 0.25) is 18.6 Å². The average Bonchev–Trinajstić information content (AvgIpc) is 3.27. The summed E-state index contributed by atoms with van der Waals surface area (Å²) in [5.41, 5.74) is 2.49. The fourth-order valence-electron chi connectivity index (χ4n) is 3.99. The third kappa shape index (κ3) is 5.52. The van der Waals surface area contributed by atoms with E-state index in [4.69, 9.17) is 9.47 Å². The summed E-state index contributed by atoms with van der Waals surface area (Å²) in [5, 5.41) is 2.97. The van der Waals surface area contributed by atoms with Crippen LogP contribution in [-0.4, -0.2) is 29.5 Å². The summed E-state index contributed by atoms with van der Waals surface area (Å²) in [7, 11) is 0. The molecule has 1 aliphatic rings. The van der Waals surface area contributed by atoms with Gasteiger partial charge in [0.15, 0.2) is 11.5 Å². The number of carbonyl (C=O) groups excluding carboxylic acids is 2. The van der Waals surface area contributed by atoms with Crippen LogP contribution in [0.2, 0.25) is 0 Å². The Morgan fingerprint density at radius 2 is 1.52 bits per heavy atom. The Labute approximate surface area is 194 Å². The van der Waals surface area contributed by atoms with Gasteiger partial charge in [0, 0.05) is 18.3 Å². The molecule has 1 N–H and O–H groups in total. The Hall–Kier alpha value is -3.80. The molecule has 0 spiro atoms. The first kappa shape index (κ1) is 22.4. The minimum Gasteiger partial charge on any atom is -0.454 e. The molecular weight excluding hydrogens is 416 g/mol. The van der Waals surface area contributed by atoms with Gasteiger partial charge in [0.05, 0.1) is 6.42 Å². The summed E-state index contributed by atoms with van der Waals surface area (Å²) in [4.78, 5) is 28.6. The number of hydrogen-bond acceptors (Lipinski definition) is 4. The van der Waals surface area contributed by atoms with Crippen molar-refractivity contribution in [2.75, 3.05) is 12.1 Å². The summed E-state index contributed by atoms with van der Waals surface area (Å²) in [6, 6.07) is 24.0. The molecule has 1 heterocycles. The summed E-state index contributed by atoms with van der Waals surface area (Å²) >= 11 is 0. The third-order valence-corrected chi connectivity index (χ3v) is 5.59. The van der Waals surface area contributed by atoms with Gasteiger partial charge in [-0.25, -0.2) is 0 Å². The zero-order valence-electron chi connectivity index (χ0n) is 18.9. The highest BCUT2D eigenvalue weighted by atomic mass is 16.7. The van der Waals surface area contributed by atoms with Crippen molar-refractivity contribution < 1.29 is 19.1 Å². The first-order valence-electron chi connectivity index (χ1n) is 11.1. The number of hydrogen-bond donors (Lipinski definition) is 1. The van der Waals surface area contributed by atoms with E-state index < -0.39 is 6.04 Å². The van der Waals surface area contributed by atoms with Gasteiger partial charge in [-0.15, -0.1) is 0 Å². The van der Waals surface area contributed by atoms with E-state index in [0.717, 1.165) is 11.1 Å². The highest BCUT2D eigenvalue weighted by molar-refractivity contribution is 5.97. The Balaban J connectivity index is 1.59. The van der Waals surface area contributed by atoms with Crippen molar-refractivity contribution in [3.8, 4) is 11.5 Å². The molecule has 1 unspecified atom stereocenters. The van der Waals surface area contributed by atoms with Crippen LogP contribution >= 0.6 is 0 Å². The maximum atomic E-state index is 13.5. The van der Waals surface area contributed by atoms with Crippen LogP contribution in [0.25, 0.3) is 0 Å². The van der Waals surface area contributed by atoms with Crippen LogP contribution in [0.1, 0.15) is 25.0 Å². The van der Waals surface area contributed by atoms with Crippen LogP contribution < -0.4 is 14.8 Å². The van der Waals surface area contributed by atoms with Gasteiger partial charge in [-0.2, -0.15) is 0 Å². The highest BCUT2D eigenvalue weighted by Crippen LogP contribution is 2.34. The monoisotopic (exact) mass is 444 g/mol. The van der Waals surface area contributed by atoms with Crippen LogP contribution in [0.15, 0.2) is 78.9 Å². The molecule has 0 fully saturated rings. The van der Waals surface area contributed by atoms with Crippen molar-refractivity contribution in [3.63, 3.8) is 0 Å². The number of amides is 2. The molecule has 0 aromatic heterocycles. The molecular formula is C27H28N2O4. The number of carbonyl (C=O) groups is 2. The van der Waals surface area contributed by atoms with E-state index in [2.05, 4.69) is 5.32 Å². The molecule has 0 radical (unpaired) electrons. The fraction of sp³-hybridized carbons (Fsp3) is 0.259. The topological polar surface area (TPSA) is 67.9 Å². The zero-order chi connectivity index (χ0) is 23.2. The van der Waals surface area contributed by atoms with Gasteiger partial charge in [0.25, 0.3) is 0 Å². The number of anilines is 1. The van der Waals surface area contributed by atoms with Gasteiger partial charge in [-0.1, -0.05) is 74.5 Å². The Morgan fingerprint density at radius 3 is 2.18 bits per heavy atom. The molecule has 170 valence electrons. The van der Waals surface area contributed by atoms with Crippen molar-refractivity contribution in [3.05, 3.63) is 90.0 Å². The summed E-state index contributed by atoms with van der Waals surface area (Å²) in [6.07, 6.45) is 0.230. The average molecular weight is 445 g/mol. The number of nitrogens with one attached hydrogen (secondary N) is 1. The van der Waals surface area contributed by atoms with E-state index in [-0.39, 0.29) is 30.9 Å². The molecule has 0 aliphatic carbocycles. The highest BCUT2D eigenvalue weighted by Gasteiger charge is 2.33. The summed E-state index contributed by atoms with van der Waals surface area (Å²) in [6.45, 7) is 4.43. The quantitative estimate of drug-likeness (QED) is 0.549. The zero-order valence-corrected chi connectivity index (χ0v) is 18.9. The summed E-state index contributed by atoms with van der Waals surface area (Å²) in [5.74, 6) is 0.820. The molecule has 2 amide bonds. The van der Waals surface area contributed by atoms with E-state index in [1.165, 1.54) is 0 Å². The Morgan fingerprint density at radius 1 is 0.879 bits per heavy atom. The number of rotatable bonds is 8. The standard InChI is InChI=1S/C27H28N2O4/c1-19(2)26(27(31)28-22-13-14-23-24(16-22)33-18-32-23)29(17-21-11-7-4-8-12-21)25(30)15-20-9-5-3-6-10-20/h3-14,16,19,26H,15,17-18H2,1-2H3,(H,28,31). The number of benzene rings is 3. The lowest BCUT2D eigenvalue weighted by atomic mass is 9.99. The molecule has 6 nitrogen and oxygen atoms in total. The van der Waals surface area contributed by atoms with Crippen LogP contribution in [0, 0.1) is 5.92 Å². The van der Waals surface area contributed by atoms with Crippen LogP contribution in [0.4, 0.5) is 5.69 Å². The third-order valence-electron chi connectivity index (χ3n) is 5.59. The smallest absolute Gasteiger partial charge is 0.247 e. The molecule has 4 rings (SSSR count). The van der Waals surface area contributed by atoms with E-state index in [1.54, 1.807) is 23.1 Å². The SMILES string of the molecule is CC(C)C(C(=O)Nc1ccc2c(c1)OCO2)N(Cc1ccccc1)C(=O)Cc1ccccc1. The van der Waals surface area contributed by atoms with E-state index in [0.29, 0.717) is 23.7 Å². The van der Waals surface area contributed by atoms with E-state index in [1.807, 2.05) is 74.5 Å². The van der Waals surface area contributed by atoms with E-state index >= 15 is 0 Å². The van der Waals surface area contributed by atoms with E-state index in [9.17, 15) is 9.59 Å². The van der Waals surface area contributed by atoms with Crippen molar-refractivity contribution in [1.29, 1.82) is 0 Å². The Bertz CT molecular complexity index is 1100. The second-order valence-corrected chi connectivity index (χ2v) is 8.42. The molecule has 33 heavy (non-hydrogen) atoms. The summed E-state index contributed by atoms with van der Waals surface area (Å²) < 4.78 is 10.8. The maximum absolute atomic E-state index is 13.5.